The maximum absolute atomic E-state index is 9.32. The normalized spacial score (nSPS) is 27.9. The van der Waals surface area contributed by atoms with Gasteiger partial charge in [-0.15, -0.1) is 0 Å². The van der Waals surface area contributed by atoms with Crippen molar-refractivity contribution in [3.05, 3.63) is 0 Å². The van der Waals surface area contributed by atoms with Gasteiger partial charge in [0, 0.05) is 26.2 Å². The fraction of sp³-hybridized carbons (Fsp3) is 1.00. The molecule has 1 heterocycles. The van der Waals surface area contributed by atoms with Gasteiger partial charge in [-0.2, -0.15) is 0 Å². The molecule has 0 aromatic carbocycles. The SMILES string of the molecule is CC(N)(O)N1CCNCC1. The molecule has 0 radical (unpaired) electrons. The van der Waals surface area contributed by atoms with Gasteiger partial charge in [-0.25, -0.2) is 0 Å². The minimum absolute atomic E-state index is 0.823. The number of piperazine rings is 1. The first kappa shape index (κ1) is 7.94. The van der Waals surface area contributed by atoms with Gasteiger partial charge in [-0.1, -0.05) is 0 Å². The molecule has 0 amide bonds. The zero-order valence-corrected chi connectivity index (χ0v) is 6.30. The number of rotatable bonds is 1. The summed E-state index contributed by atoms with van der Waals surface area (Å²) >= 11 is 0. The van der Waals surface area contributed by atoms with Gasteiger partial charge in [0.2, 0.25) is 0 Å². The molecule has 0 spiro atoms. The molecule has 0 bridgehead atoms. The van der Waals surface area contributed by atoms with E-state index in [2.05, 4.69) is 5.32 Å². The molecule has 0 saturated carbocycles. The molecular formula is C6H15N3O. The fourth-order valence-electron chi connectivity index (χ4n) is 1.12. The van der Waals surface area contributed by atoms with E-state index in [0.717, 1.165) is 26.2 Å². The van der Waals surface area contributed by atoms with Crippen molar-refractivity contribution in [1.82, 2.24) is 10.2 Å². The van der Waals surface area contributed by atoms with E-state index in [1.807, 2.05) is 4.90 Å². The Morgan fingerprint density at radius 1 is 1.50 bits per heavy atom. The van der Waals surface area contributed by atoms with Gasteiger partial charge in [-0.3, -0.25) is 10.6 Å². The number of nitrogens with zero attached hydrogens (tertiary/aromatic N) is 1. The monoisotopic (exact) mass is 145 g/mol. The van der Waals surface area contributed by atoms with E-state index >= 15 is 0 Å². The Morgan fingerprint density at radius 3 is 2.30 bits per heavy atom. The molecule has 10 heavy (non-hydrogen) atoms. The lowest BCUT2D eigenvalue weighted by Gasteiger charge is -2.36. The zero-order valence-electron chi connectivity index (χ0n) is 6.30. The number of hydrogen-bond acceptors (Lipinski definition) is 4. The van der Waals surface area contributed by atoms with Crippen molar-refractivity contribution >= 4 is 0 Å². The number of aliphatic hydroxyl groups is 1. The average molecular weight is 145 g/mol. The second-order valence-electron chi connectivity index (χ2n) is 2.83. The van der Waals surface area contributed by atoms with E-state index in [0.29, 0.717) is 0 Å². The number of hydrogen-bond donors (Lipinski definition) is 3. The fourth-order valence-corrected chi connectivity index (χ4v) is 1.12. The quantitative estimate of drug-likeness (QED) is 0.394. The first-order valence-corrected chi connectivity index (χ1v) is 3.58. The highest BCUT2D eigenvalue weighted by Gasteiger charge is 2.24. The van der Waals surface area contributed by atoms with E-state index < -0.39 is 5.85 Å². The van der Waals surface area contributed by atoms with Crippen LogP contribution in [0.25, 0.3) is 0 Å². The summed E-state index contributed by atoms with van der Waals surface area (Å²) in [5, 5.41) is 12.5. The number of nitrogens with two attached hydrogens (primary N) is 1. The smallest absolute Gasteiger partial charge is 0.168 e. The Balaban J connectivity index is 2.39. The topological polar surface area (TPSA) is 61.5 Å². The molecule has 0 aliphatic carbocycles. The Labute approximate surface area is 61.0 Å². The maximum Gasteiger partial charge on any atom is 0.168 e. The van der Waals surface area contributed by atoms with Crippen LogP contribution in [-0.2, 0) is 0 Å². The summed E-state index contributed by atoms with van der Waals surface area (Å²) < 4.78 is 0. The largest absolute Gasteiger partial charge is 0.363 e. The maximum atomic E-state index is 9.32. The van der Waals surface area contributed by atoms with Gasteiger partial charge in [0.1, 0.15) is 0 Å². The molecule has 1 unspecified atom stereocenters. The van der Waals surface area contributed by atoms with Crippen molar-refractivity contribution in [3.63, 3.8) is 0 Å². The van der Waals surface area contributed by atoms with Crippen LogP contribution in [0, 0.1) is 0 Å². The van der Waals surface area contributed by atoms with Crippen LogP contribution in [0.5, 0.6) is 0 Å². The second kappa shape index (κ2) is 2.84. The van der Waals surface area contributed by atoms with Crippen molar-refractivity contribution in [2.75, 3.05) is 26.2 Å². The Hall–Kier alpha value is -0.160. The second-order valence-corrected chi connectivity index (χ2v) is 2.83. The molecule has 4 N–H and O–H groups in total. The summed E-state index contributed by atoms with van der Waals surface area (Å²) in [4.78, 5) is 1.85. The van der Waals surface area contributed by atoms with Crippen LogP contribution in [0.4, 0.5) is 0 Å². The molecule has 1 atom stereocenters. The summed E-state index contributed by atoms with van der Waals surface area (Å²) in [5.41, 5.74) is 5.46. The summed E-state index contributed by atoms with van der Waals surface area (Å²) in [5.74, 6) is -1.14. The highest BCUT2D eigenvalue weighted by atomic mass is 16.3. The van der Waals surface area contributed by atoms with Gasteiger partial charge in [0.25, 0.3) is 0 Å². The lowest BCUT2D eigenvalue weighted by atomic mass is 10.3. The van der Waals surface area contributed by atoms with Crippen LogP contribution in [0.15, 0.2) is 0 Å². The lowest BCUT2D eigenvalue weighted by molar-refractivity contribution is -0.0931. The minimum Gasteiger partial charge on any atom is -0.363 e. The molecule has 4 nitrogen and oxygen atoms in total. The van der Waals surface area contributed by atoms with Gasteiger partial charge in [0.05, 0.1) is 0 Å². The van der Waals surface area contributed by atoms with Crippen LogP contribution in [0.2, 0.25) is 0 Å². The van der Waals surface area contributed by atoms with Gasteiger partial charge in [-0.05, 0) is 6.92 Å². The summed E-state index contributed by atoms with van der Waals surface area (Å²) in [7, 11) is 0. The average Bonchev–Trinajstić information content (AvgIpc) is 1.88. The minimum atomic E-state index is -1.14. The predicted octanol–water partition coefficient (Wildman–Crippen LogP) is -1.48. The zero-order chi connectivity index (χ0) is 7.61. The van der Waals surface area contributed by atoms with Crippen LogP contribution in [0.1, 0.15) is 6.92 Å². The standard InChI is InChI=1S/C6H15N3O/c1-6(7,10)9-4-2-8-3-5-9/h8,10H,2-5,7H2,1H3. The molecule has 1 rings (SSSR count). The summed E-state index contributed by atoms with van der Waals surface area (Å²) in [6, 6.07) is 0. The van der Waals surface area contributed by atoms with Gasteiger partial charge >= 0.3 is 0 Å². The first-order chi connectivity index (χ1) is 4.61. The molecule has 0 aromatic heterocycles. The van der Waals surface area contributed by atoms with Crippen molar-refractivity contribution in [2.45, 2.75) is 12.8 Å². The van der Waals surface area contributed by atoms with E-state index in [1.165, 1.54) is 0 Å². The van der Waals surface area contributed by atoms with Crippen LogP contribution in [0.3, 0.4) is 0 Å². The number of nitrogens with one attached hydrogen (secondary N) is 1. The first-order valence-electron chi connectivity index (χ1n) is 3.58. The highest BCUT2D eigenvalue weighted by Crippen LogP contribution is 2.03. The Kier molecular flexibility index (Phi) is 2.25. The molecule has 0 aromatic rings. The van der Waals surface area contributed by atoms with Gasteiger partial charge < -0.3 is 10.4 Å². The van der Waals surface area contributed by atoms with Crippen molar-refractivity contribution in [2.24, 2.45) is 5.73 Å². The van der Waals surface area contributed by atoms with Crippen molar-refractivity contribution < 1.29 is 5.11 Å². The lowest BCUT2D eigenvalue weighted by Crippen LogP contribution is -2.59. The Bertz CT molecular complexity index is 104. The van der Waals surface area contributed by atoms with Crippen LogP contribution < -0.4 is 11.1 Å². The highest BCUT2D eigenvalue weighted by molar-refractivity contribution is 4.73. The van der Waals surface area contributed by atoms with Crippen LogP contribution >= 0.6 is 0 Å². The van der Waals surface area contributed by atoms with Crippen molar-refractivity contribution in [3.8, 4) is 0 Å². The molecule has 60 valence electrons. The third kappa shape index (κ3) is 1.91. The third-order valence-corrected chi connectivity index (χ3v) is 1.76. The van der Waals surface area contributed by atoms with E-state index in [9.17, 15) is 5.11 Å². The van der Waals surface area contributed by atoms with E-state index in [1.54, 1.807) is 6.92 Å². The molecule has 4 heteroatoms. The molecular weight excluding hydrogens is 130 g/mol. The van der Waals surface area contributed by atoms with Crippen LogP contribution in [-0.4, -0.2) is 42.0 Å². The molecule has 1 saturated heterocycles. The molecule has 1 fully saturated rings. The molecule has 1 aliphatic rings. The molecule has 1 aliphatic heterocycles. The summed E-state index contributed by atoms with van der Waals surface area (Å²) in [6.07, 6.45) is 0. The van der Waals surface area contributed by atoms with Crippen molar-refractivity contribution in [1.29, 1.82) is 0 Å². The summed E-state index contributed by atoms with van der Waals surface area (Å²) in [6.45, 7) is 5.08. The van der Waals surface area contributed by atoms with E-state index in [-0.39, 0.29) is 0 Å². The third-order valence-electron chi connectivity index (χ3n) is 1.76. The predicted molar refractivity (Wildman–Crippen MR) is 39.3 cm³/mol. The Morgan fingerprint density at radius 2 is 2.00 bits per heavy atom. The van der Waals surface area contributed by atoms with Gasteiger partial charge in [0.15, 0.2) is 5.85 Å². The van der Waals surface area contributed by atoms with E-state index in [4.69, 9.17) is 5.73 Å².